The van der Waals surface area contributed by atoms with Gasteiger partial charge in [-0.1, -0.05) is 0 Å². The van der Waals surface area contributed by atoms with Crippen LogP contribution in [0.5, 0.6) is 0 Å². The van der Waals surface area contributed by atoms with Crippen LogP contribution in [0.3, 0.4) is 0 Å². The Bertz CT molecular complexity index is 461. The van der Waals surface area contributed by atoms with E-state index in [2.05, 4.69) is 26.1 Å². The number of nitrogens with one attached hydrogen (secondary N) is 1. The number of likely N-dealkylation sites (tertiary alicyclic amines) is 1. The fourth-order valence-corrected chi connectivity index (χ4v) is 2.54. The minimum atomic E-state index is -0.338. The van der Waals surface area contributed by atoms with E-state index in [0.717, 1.165) is 25.9 Å². The molecule has 1 aliphatic rings. The van der Waals surface area contributed by atoms with E-state index in [9.17, 15) is 9.18 Å². The molecule has 0 aromatic heterocycles. The summed E-state index contributed by atoms with van der Waals surface area (Å²) in [6, 6.07) is 4.45. The third kappa shape index (κ3) is 4.26. The Kier molecular flexibility index (Phi) is 4.90. The van der Waals surface area contributed by atoms with Gasteiger partial charge in [-0.05, 0) is 47.0 Å². The molecule has 3 N–H and O–H groups in total. The largest absolute Gasteiger partial charge is 0.328 e. The van der Waals surface area contributed by atoms with Crippen LogP contribution >= 0.6 is 15.9 Å². The third-order valence-corrected chi connectivity index (χ3v) is 3.86. The van der Waals surface area contributed by atoms with E-state index in [0.29, 0.717) is 16.7 Å². The Morgan fingerprint density at radius 2 is 2.16 bits per heavy atom. The summed E-state index contributed by atoms with van der Waals surface area (Å²) in [6.07, 6.45) is 1.85. The van der Waals surface area contributed by atoms with Gasteiger partial charge in [0.25, 0.3) is 0 Å². The van der Waals surface area contributed by atoms with Crippen LogP contribution < -0.4 is 11.1 Å². The lowest BCUT2D eigenvalue weighted by Gasteiger charge is -2.29. The van der Waals surface area contributed by atoms with Gasteiger partial charge in [-0.3, -0.25) is 9.69 Å². The van der Waals surface area contributed by atoms with Gasteiger partial charge in [-0.15, -0.1) is 0 Å². The molecule has 1 aromatic rings. The number of amides is 1. The average molecular weight is 330 g/mol. The summed E-state index contributed by atoms with van der Waals surface area (Å²) >= 11 is 3.22. The standard InChI is InChI=1S/C13H17BrFN3O/c14-11-7-9(15)1-2-12(11)17-13(19)8-18-5-3-10(16)4-6-18/h1-2,7,10H,3-6,8,16H2,(H,17,19). The molecule has 0 spiro atoms. The first-order valence-electron chi connectivity index (χ1n) is 6.27. The van der Waals surface area contributed by atoms with Gasteiger partial charge < -0.3 is 11.1 Å². The molecule has 1 heterocycles. The topological polar surface area (TPSA) is 58.4 Å². The predicted molar refractivity (Wildman–Crippen MR) is 76.4 cm³/mol. The maximum Gasteiger partial charge on any atom is 0.238 e. The highest BCUT2D eigenvalue weighted by atomic mass is 79.9. The third-order valence-electron chi connectivity index (χ3n) is 3.20. The number of piperidine rings is 1. The van der Waals surface area contributed by atoms with Gasteiger partial charge in [0.05, 0.1) is 12.2 Å². The van der Waals surface area contributed by atoms with Crippen molar-refractivity contribution in [3.8, 4) is 0 Å². The Hall–Kier alpha value is -0.980. The molecule has 0 aliphatic carbocycles. The molecule has 104 valence electrons. The van der Waals surface area contributed by atoms with E-state index in [-0.39, 0.29) is 17.8 Å². The number of benzene rings is 1. The minimum Gasteiger partial charge on any atom is -0.328 e. The van der Waals surface area contributed by atoms with Crippen molar-refractivity contribution in [2.45, 2.75) is 18.9 Å². The fourth-order valence-electron chi connectivity index (χ4n) is 2.09. The molecule has 19 heavy (non-hydrogen) atoms. The van der Waals surface area contributed by atoms with Gasteiger partial charge >= 0.3 is 0 Å². The first kappa shape index (κ1) is 14.4. The summed E-state index contributed by atoms with van der Waals surface area (Å²) in [5.41, 5.74) is 6.40. The van der Waals surface area contributed by atoms with E-state index in [1.165, 1.54) is 12.1 Å². The lowest BCUT2D eigenvalue weighted by Crippen LogP contribution is -2.43. The Morgan fingerprint density at radius 3 is 2.79 bits per heavy atom. The van der Waals surface area contributed by atoms with Crippen molar-refractivity contribution in [2.24, 2.45) is 5.73 Å². The first-order chi connectivity index (χ1) is 9.04. The quantitative estimate of drug-likeness (QED) is 0.891. The minimum absolute atomic E-state index is 0.0946. The highest BCUT2D eigenvalue weighted by Crippen LogP contribution is 2.23. The van der Waals surface area contributed by atoms with Gasteiger partial charge in [-0.25, -0.2) is 4.39 Å². The monoisotopic (exact) mass is 329 g/mol. The van der Waals surface area contributed by atoms with E-state index in [1.54, 1.807) is 6.07 Å². The molecule has 0 radical (unpaired) electrons. The van der Waals surface area contributed by atoms with E-state index >= 15 is 0 Å². The van der Waals surface area contributed by atoms with E-state index in [4.69, 9.17) is 5.73 Å². The van der Waals surface area contributed by atoms with Crippen LogP contribution in [0.25, 0.3) is 0 Å². The van der Waals surface area contributed by atoms with Crippen LogP contribution in [0, 0.1) is 5.82 Å². The fraction of sp³-hybridized carbons (Fsp3) is 0.462. The van der Waals surface area contributed by atoms with Crippen LogP contribution in [0.2, 0.25) is 0 Å². The zero-order valence-electron chi connectivity index (χ0n) is 10.5. The molecule has 2 rings (SSSR count). The van der Waals surface area contributed by atoms with Crippen molar-refractivity contribution < 1.29 is 9.18 Å². The van der Waals surface area contributed by atoms with Crippen LogP contribution in [0.1, 0.15) is 12.8 Å². The molecule has 0 unspecified atom stereocenters. The molecular weight excluding hydrogens is 313 g/mol. The first-order valence-corrected chi connectivity index (χ1v) is 7.07. The van der Waals surface area contributed by atoms with E-state index < -0.39 is 0 Å². The zero-order chi connectivity index (χ0) is 13.8. The van der Waals surface area contributed by atoms with Crippen LogP contribution in [0.4, 0.5) is 10.1 Å². The second kappa shape index (κ2) is 6.45. The molecule has 1 saturated heterocycles. The molecular formula is C13H17BrFN3O. The van der Waals surface area contributed by atoms with Crippen molar-refractivity contribution in [2.75, 3.05) is 25.0 Å². The summed E-state index contributed by atoms with van der Waals surface area (Å²) in [4.78, 5) is 14.0. The van der Waals surface area contributed by atoms with Crippen molar-refractivity contribution in [1.82, 2.24) is 4.90 Å². The van der Waals surface area contributed by atoms with Crippen LogP contribution in [0.15, 0.2) is 22.7 Å². The SMILES string of the molecule is NC1CCN(CC(=O)Nc2ccc(F)cc2Br)CC1. The molecule has 4 nitrogen and oxygen atoms in total. The number of hydrogen-bond donors (Lipinski definition) is 2. The summed E-state index contributed by atoms with van der Waals surface area (Å²) in [5.74, 6) is -0.433. The number of rotatable bonds is 3. The Labute approximate surface area is 120 Å². The molecule has 1 aliphatic heterocycles. The predicted octanol–water partition coefficient (Wildman–Crippen LogP) is 1.95. The molecule has 6 heteroatoms. The number of carbonyl (C=O) groups is 1. The number of anilines is 1. The lowest BCUT2D eigenvalue weighted by atomic mass is 10.1. The lowest BCUT2D eigenvalue weighted by molar-refractivity contribution is -0.117. The molecule has 0 atom stereocenters. The molecule has 0 bridgehead atoms. The number of halogens is 2. The van der Waals surface area contributed by atoms with Crippen molar-refractivity contribution in [3.63, 3.8) is 0 Å². The maximum atomic E-state index is 12.9. The second-order valence-corrected chi connectivity index (χ2v) is 5.64. The van der Waals surface area contributed by atoms with Crippen LogP contribution in [-0.2, 0) is 4.79 Å². The highest BCUT2D eigenvalue weighted by molar-refractivity contribution is 9.10. The van der Waals surface area contributed by atoms with Crippen LogP contribution in [-0.4, -0.2) is 36.5 Å². The number of carbonyl (C=O) groups excluding carboxylic acids is 1. The Morgan fingerprint density at radius 1 is 1.47 bits per heavy atom. The van der Waals surface area contributed by atoms with Gasteiger partial charge in [-0.2, -0.15) is 0 Å². The Balaban J connectivity index is 1.87. The number of nitrogens with two attached hydrogens (primary N) is 1. The summed E-state index contributed by atoms with van der Waals surface area (Å²) in [5, 5.41) is 2.77. The number of hydrogen-bond acceptors (Lipinski definition) is 3. The molecule has 1 amide bonds. The highest BCUT2D eigenvalue weighted by Gasteiger charge is 2.18. The number of nitrogens with zero attached hydrogens (tertiary/aromatic N) is 1. The smallest absolute Gasteiger partial charge is 0.238 e. The van der Waals surface area contributed by atoms with Gasteiger partial charge in [0.2, 0.25) is 5.91 Å². The van der Waals surface area contributed by atoms with Crippen molar-refractivity contribution in [1.29, 1.82) is 0 Å². The van der Waals surface area contributed by atoms with Crippen molar-refractivity contribution >= 4 is 27.5 Å². The van der Waals surface area contributed by atoms with Gasteiger partial charge in [0.15, 0.2) is 0 Å². The molecule has 0 saturated carbocycles. The zero-order valence-corrected chi connectivity index (χ0v) is 12.1. The summed E-state index contributed by atoms with van der Waals surface area (Å²) in [7, 11) is 0. The molecule has 1 fully saturated rings. The maximum absolute atomic E-state index is 12.9. The second-order valence-electron chi connectivity index (χ2n) is 4.79. The molecule has 1 aromatic carbocycles. The van der Waals surface area contributed by atoms with E-state index in [1.807, 2.05) is 0 Å². The average Bonchev–Trinajstić information content (AvgIpc) is 2.36. The van der Waals surface area contributed by atoms with Crippen molar-refractivity contribution in [3.05, 3.63) is 28.5 Å². The normalized spacial score (nSPS) is 17.4. The summed E-state index contributed by atoms with van der Waals surface area (Å²) in [6.45, 7) is 2.04. The van der Waals surface area contributed by atoms with Gasteiger partial charge in [0, 0.05) is 23.6 Å². The summed E-state index contributed by atoms with van der Waals surface area (Å²) < 4.78 is 13.5. The van der Waals surface area contributed by atoms with Gasteiger partial charge in [0.1, 0.15) is 5.82 Å².